The van der Waals surface area contributed by atoms with Gasteiger partial charge in [0.1, 0.15) is 11.6 Å². The largest absolute Gasteiger partial charge is 0.507 e. The highest BCUT2D eigenvalue weighted by molar-refractivity contribution is 5.97. The van der Waals surface area contributed by atoms with E-state index < -0.39 is 30.3 Å². The minimum atomic E-state index is -3.01. The Kier molecular flexibility index (Phi) is 8.22. The van der Waals surface area contributed by atoms with Crippen molar-refractivity contribution in [3.05, 3.63) is 168 Å². The second-order valence-electron chi connectivity index (χ2n) is 17.9. The maximum absolute atomic E-state index is 12.6. The van der Waals surface area contributed by atoms with E-state index in [0.717, 1.165) is 67.0 Å². The van der Waals surface area contributed by atoms with Crippen LogP contribution in [0.5, 0.6) is 5.75 Å². The first-order valence-corrected chi connectivity index (χ1v) is 20.2. The number of aromatic hydroxyl groups is 1. The van der Waals surface area contributed by atoms with Gasteiger partial charge in [-0.15, -0.1) is 0 Å². The molecular weight excluding hydrogens is 719 g/mol. The molecule has 0 saturated heterocycles. The second-order valence-corrected chi connectivity index (χ2v) is 17.9. The lowest BCUT2D eigenvalue weighted by Gasteiger charge is -2.27. The Morgan fingerprint density at radius 2 is 1.20 bits per heavy atom. The van der Waals surface area contributed by atoms with E-state index in [-0.39, 0.29) is 16.5 Å². The highest BCUT2D eigenvalue weighted by Crippen LogP contribution is 2.45. The van der Waals surface area contributed by atoms with E-state index in [9.17, 15) is 5.11 Å². The molecule has 1 N–H and O–H groups in total. The normalized spacial score (nSPS) is 14.2. The molecule has 0 bridgehead atoms. The minimum Gasteiger partial charge on any atom is -0.507 e. The van der Waals surface area contributed by atoms with E-state index in [4.69, 9.17) is 18.2 Å². The summed E-state index contributed by atoms with van der Waals surface area (Å²) in [7, 11) is 0. The third-order valence-corrected chi connectivity index (χ3v) is 11.3. The van der Waals surface area contributed by atoms with Crippen LogP contribution in [0.2, 0.25) is 0 Å². The molecule has 2 heterocycles. The summed E-state index contributed by atoms with van der Waals surface area (Å²) in [6, 6.07) is 46.7. The van der Waals surface area contributed by atoms with Crippen molar-refractivity contribution in [2.45, 2.75) is 85.3 Å². The summed E-state index contributed by atoms with van der Waals surface area (Å²) in [5, 5.41) is 12.6. The smallest absolute Gasteiger partial charge is 0.149 e. The molecule has 8 rings (SSSR count). The first kappa shape index (κ1) is 32.7. The summed E-state index contributed by atoms with van der Waals surface area (Å²) in [4.78, 5) is 10.3. The number of imidazole rings is 1. The maximum atomic E-state index is 12.6. The molecule has 2 aromatic heterocycles. The average molecular weight is 780 g/mol. The third kappa shape index (κ3) is 7.72. The standard InChI is InChI=1S/C55H55N3O/c1-35-28-43(24-25-44(35)37-20-15-12-16-21-37)58-49-23-17-22-45(50(49)57-52(58)46-33-42(54(5,6)7)34-47(51(46)59)55(8,9)10)39-29-40(31-41(30-39)53(2,3)4)48-32-38(26-27-56-48)36-18-13-11-14-19-36/h11-34,59H,1-10H3/i8D3,9D3. The number of aryl methyl sites for hydroxylation is 1. The van der Waals surface area contributed by atoms with Crippen LogP contribution in [0.15, 0.2) is 146 Å². The van der Waals surface area contributed by atoms with E-state index >= 15 is 0 Å². The molecule has 0 aliphatic carbocycles. The van der Waals surface area contributed by atoms with E-state index in [1.54, 1.807) is 6.07 Å². The van der Waals surface area contributed by atoms with Crippen molar-refractivity contribution in [2.24, 2.45) is 0 Å². The fourth-order valence-corrected chi connectivity index (χ4v) is 7.88. The number of phenols is 1. The predicted octanol–water partition coefficient (Wildman–Crippen LogP) is 14.7. The van der Waals surface area contributed by atoms with Crippen LogP contribution in [0.1, 0.15) is 92.6 Å². The van der Waals surface area contributed by atoms with Crippen LogP contribution < -0.4 is 0 Å². The van der Waals surface area contributed by atoms with Crippen molar-refractivity contribution >= 4 is 11.0 Å². The Morgan fingerprint density at radius 1 is 0.542 bits per heavy atom. The van der Waals surface area contributed by atoms with Gasteiger partial charge in [0.25, 0.3) is 0 Å². The van der Waals surface area contributed by atoms with Crippen LogP contribution in [-0.2, 0) is 16.2 Å². The van der Waals surface area contributed by atoms with Gasteiger partial charge < -0.3 is 5.11 Å². The van der Waals surface area contributed by atoms with E-state index in [1.807, 2.05) is 104 Å². The molecule has 4 heteroatoms. The van der Waals surface area contributed by atoms with Gasteiger partial charge in [-0.3, -0.25) is 9.55 Å². The van der Waals surface area contributed by atoms with Gasteiger partial charge in [0.15, 0.2) is 0 Å². The zero-order valence-corrected chi connectivity index (χ0v) is 35.1. The van der Waals surface area contributed by atoms with Crippen molar-refractivity contribution in [1.82, 2.24) is 14.5 Å². The van der Waals surface area contributed by atoms with Crippen molar-refractivity contribution < 1.29 is 13.3 Å². The molecule has 0 aliphatic heterocycles. The Labute approximate surface area is 358 Å². The van der Waals surface area contributed by atoms with Crippen LogP contribution >= 0.6 is 0 Å². The van der Waals surface area contributed by atoms with Crippen LogP contribution in [0.4, 0.5) is 0 Å². The fourth-order valence-electron chi connectivity index (χ4n) is 7.88. The van der Waals surface area contributed by atoms with Gasteiger partial charge in [-0.1, -0.05) is 153 Å². The van der Waals surface area contributed by atoms with E-state index in [2.05, 4.69) is 88.4 Å². The molecule has 0 unspecified atom stereocenters. The SMILES string of the molecule is [2H]C([2H])([2H])C(C)(c1cc(C(C)(C)C)cc(-c2nc3c(-c4cc(-c5cc(-c6ccccc6)ccn5)cc(C(C)(C)C)c4)cccc3n2-c2ccc(-c3ccccc3)c(C)c2)c1O)C([2H])([2H])[2H]. The molecule has 4 nitrogen and oxygen atoms in total. The topological polar surface area (TPSA) is 50.9 Å². The molecule has 296 valence electrons. The highest BCUT2D eigenvalue weighted by Gasteiger charge is 2.29. The first-order valence-electron chi connectivity index (χ1n) is 23.2. The fraction of sp³-hybridized carbons (Fsp3) is 0.236. The lowest BCUT2D eigenvalue weighted by atomic mass is 9.79. The van der Waals surface area contributed by atoms with Crippen LogP contribution in [0.3, 0.4) is 0 Å². The number of hydrogen-bond donors (Lipinski definition) is 1. The average Bonchev–Trinajstić information content (AvgIpc) is 3.65. The van der Waals surface area contributed by atoms with Crippen molar-refractivity contribution in [1.29, 1.82) is 0 Å². The number of pyridine rings is 1. The van der Waals surface area contributed by atoms with Gasteiger partial charge >= 0.3 is 0 Å². The molecule has 8 aromatic rings. The number of aromatic nitrogens is 3. The molecule has 0 amide bonds. The van der Waals surface area contributed by atoms with Crippen LogP contribution in [0.25, 0.3) is 72.7 Å². The highest BCUT2D eigenvalue weighted by atomic mass is 16.3. The quantitative estimate of drug-likeness (QED) is 0.183. The number of benzene rings is 6. The lowest BCUT2D eigenvalue weighted by molar-refractivity contribution is 0.446. The zero-order chi connectivity index (χ0) is 46.9. The monoisotopic (exact) mass is 779 g/mol. The molecule has 59 heavy (non-hydrogen) atoms. The number of phenolic OH excluding ortho intramolecular Hbond substituents is 1. The number of hydrogen-bond acceptors (Lipinski definition) is 3. The number of nitrogens with zero attached hydrogens (tertiary/aromatic N) is 3. The molecule has 6 aromatic carbocycles. The number of para-hydroxylation sites is 1. The Bertz CT molecular complexity index is 3050. The van der Waals surface area contributed by atoms with Crippen LogP contribution in [-0.4, -0.2) is 19.6 Å². The van der Waals surface area contributed by atoms with Gasteiger partial charge in [-0.25, -0.2) is 4.98 Å². The Balaban J connectivity index is 1.44. The molecule has 0 spiro atoms. The Morgan fingerprint density at radius 3 is 1.86 bits per heavy atom. The van der Waals surface area contributed by atoms with Crippen molar-refractivity contribution in [3.8, 4) is 67.5 Å². The summed E-state index contributed by atoms with van der Waals surface area (Å²) in [6.45, 7) is 9.75. The number of fused-ring (bicyclic) bond motifs is 1. The van der Waals surface area contributed by atoms with Gasteiger partial charge in [0.2, 0.25) is 0 Å². The van der Waals surface area contributed by atoms with Crippen molar-refractivity contribution in [3.63, 3.8) is 0 Å². The summed E-state index contributed by atoms with van der Waals surface area (Å²) < 4.78 is 53.7. The first-order chi connectivity index (χ1) is 30.5. The molecule has 0 radical (unpaired) electrons. The van der Waals surface area contributed by atoms with Gasteiger partial charge in [0, 0.05) is 36.8 Å². The van der Waals surface area contributed by atoms with E-state index in [0.29, 0.717) is 16.9 Å². The zero-order valence-electron chi connectivity index (χ0n) is 41.1. The summed E-state index contributed by atoms with van der Waals surface area (Å²) in [5.74, 6) is -0.100. The van der Waals surface area contributed by atoms with E-state index in [1.165, 1.54) is 6.92 Å². The molecule has 0 saturated carbocycles. The van der Waals surface area contributed by atoms with Gasteiger partial charge in [-0.2, -0.15) is 0 Å². The van der Waals surface area contributed by atoms with Crippen molar-refractivity contribution in [2.75, 3.05) is 0 Å². The lowest BCUT2D eigenvalue weighted by Crippen LogP contribution is -2.17. The molecular formula is C55H55N3O. The number of rotatable bonds is 6. The van der Waals surface area contributed by atoms with Crippen LogP contribution in [0, 0.1) is 6.92 Å². The second kappa shape index (κ2) is 14.8. The molecule has 0 aliphatic rings. The summed E-state index contributed by atoms with van der Waals surface area (Å²) in [6.07, 6.45) is 1.84. The van der Waals surface area contributed by atoms with Gasteiger partial charge in [0.05, 0.1) is 22.3 Å². The maximum Gasteiger partial charge on any atom is 0.149 e. The van der Waals surface area contributed by atoms with Gasteiger partial charge in [-0.05, 0) is 116 Å². The molecule has 0 fully saturated rings. The Hall–Kier alpha value is -6.26. The summed E-state index contributed by atoms with van der Waals surface area (Å²) in [5.41, 5.74) is 9.56. The minimum absolute atomic E-state index is 0.179. The summed E-state index contributed by atoms with van der Waals surface area (Å²) >= 11 is 0. The predicted molar refractivity (Wildman–Crippen MR) is 249 cm³/mol. The third-order valence-electron chi connectivity index (χ3n) is 11.3. The molecule has 0 atom stereocenters.